The third-order valence-corrected chi connectivity index (χ3v) is 7.95. The van der Waals surface area contributed by atoms with Crippen LogP contribution in [0.1, 0.15) is 24.3 Å². The molecule has 0 atom stereocenters. The van der Waals surface area contributed by atoms with Gasteiger partial charge in [0.25, 0.3) is 0 Å². The number of rotatable bonds is 7. The van der Waals surface area contributed by atoms with Gasteiger partial charge in [0.05, 0.1) is 11.4 Å². The third-order valence-electron chi connectivity index (χ3n) is 4.94. The number of nitrogens with one attached hydrogen (secondary N) is 2. The molecular formula is C20H29IN4O2S2. The SMILES string of the molecule is CN=C(NCCS(=O)(=O)N1CCc2ccccc21)NCC(C)(C)c1cccs1.I. The minimum atomic E-state index is -3.37. The Morgan fingerprint density at radius 3 is 2.66 bits per heavy atom. The molecule has 0 bridgehead atoms. The fourth-order valence-electron chi connectivity index (χ4n) is 3.28. The summed E-state index contributed by atoms with van der Waals surface area (Å²) in [6.07, 6.45) is 0.768. The van der Waals surface area contributed by atoms with Crippen molar-refractivity contribution in [1.82, 2.24) is 10.6 Å². The normalized spacial score (nSPS) is 14.3. The van der Waals surface area contributed by atoms with Crippen molar-refractivity contribution in [3.63, 3.8) is 0 Å². The van der Waals surface area contributed by atoms with Crippen molar-refractivity contribution in [3.8, 4) is 0 Å². The molecule has 0 fully saturated rings. The van der Waals surface area contributed by atoms with Crippen LogP contribution in [0, 0.1) is 0 Å². The minimum Gasteiger partial charge on any atom is -0.356 e. The average Bonchev–Trinajstić information content (AvgIpc) is 3.34. The summed E-state index contributed by atoms with van der Waals surface area (Å²) in [6.45, 7) is 5.88. The highest BCUT2D eigenvalue weighted by Crippen LogP contribution is 2.30. The number of aliphatic imine (C=N–C) groups is 1. The van der Waals surface area contributed by atoms with Gasteiger partial charge in [0.2, 0.25) is 10.0 Å². The van der Waals surface area contributed by atoms with Gasteiger partial charge in [0, 0.05) is 37.0 Å². The maximum absolute atomic E-state index is 12.8. The summed E-state index contributed by atoms with van der Waals surface area (Å²) < 4.78 is 27.1. The Balaban J connectivity index is 0.00000300. The highest BCUT2D eigenvalue weighted by atomic mass is 127. The molecule has 1 aliphatic rings. The van der Waals surface area contributed by atoms with E-state index < -0.39 is 10.0 Å². The van der Waals surface area contributed by atoms with Crippen molar-refractivity contribution >= 4 is 57.0 Å². The highest BCUT2D eigenvalue weighted by Gasteiger charge is 2.28. The molecule has 1 aliphatic heterocycles. The first kappa shape index (κ1) is 23.9. The molecule has 0 unspecified atom stereocenters. The predicted molar refractivity (Wildman–Crippen MR) is 133 cm³/mol. The molecule has 2 N–H and O–H groups in total. The molecule has 9 heteroatoms. The van der Waals surface area contributed by atoms with Crippen LogP contribution in [0.2, 0.25) is 0 Å². The second kappa shape index (κ2) is 10.1. The average molecular weight is 549 g/mol. The van der Waals surface area contributed by atoms with Crippen molar-refractivity contribution in [2.24, 2.45) is 4.99 Å². The number of thiophene rings is 1. The second-order valence-electron chi connectivity index (χ2n) is 7.48. The molecule has 0 spiro atoms. The molecule has 1 aromatic heterocycles. The molecule has 2 aromatic rings. The smallest absolute Gasteiger partial charge is 0.236 e. The largest absolute Gasteiger partial charge is 0.356 e. The number of hydrogen-bond donors (Lipinski definition) is 2. The Labute approximate surface area is 194 Å². The number of nitrogens with zero attached hydrogens (tertiary/aromatic N) is 2. The highest BCUT2D eigenvalue weighted by molar-refractivity contribution is 14.0. The number of para-hydroxylation sites is 1. The van der Waals surface area contributed by atoms with E-state index >= 15 is 0 Å². The van der Waals surface area contributed by atoms with Crippen LogP contribution in [0.15, 0.2) is 46.8 Å². The fourth-order valence-corrected chi connectivity index (χ4v) is 5.56. The van der Waals surface area contributed by atoms with Crippen LogP contribution in [-0.2, 0) is 21.9 Å². The maximum Gasteiger partial charge on any atom is 0.236 e. The van der Waals surface area contributed by atoms with E-state index in [1.165, 1.54) is 9.18 Å². The Morgan fingerprint density at radius 2 is 1.97 bits per heavy atom. The molecule has 0 saturated carbocycles. The van der Waals surface area contributed by atoms with Gasteiger partial charge >= 0.3 is 0 Å². The fraction of sp³-hybridized carbons (Fsp3) is 0.450. The quantitative estimate of drug-likeness (QED) is 0.317. The van der Waals surface area contributed by atoms with Gasteiger partial charge in [-0.15, -0.1) is 35.3 Å². The van der Waals surface area contributed by atoms with Crippen LogP contribution >= 0.6 is 35.3 Å². The maximum atomic E-state index is 12.8. The van der Waals surface area contributed by atoms with E-state index in [1.54, 1.807) is 18.4 Å². The number of guanidine groups is 1. The summed E-state index contributed by atoms with van der Waals surface area (Å²) in [4.78, 5) is 5.51. The van der Waals surface area contributed by atoms with Gasteiger partial charge in [-0.2, -0.15) is 0 Å². The monoisotopic (exact) mass is 548 g/mol. The van der Waals surface area contributed by atoms with E-state index in [0.717, 1.165) is 17.7 Å². The second-order valence-corrected chi connectivity index (χ2v) is 10.4. The number of fused-ring (bicyclic) bond motifs is 1. The van der Waals surface area contributed by atoms with Crippen molar-refractivity contribution in [2.75, 3.05) is 36.7 Å². The Kier molecular flexibility index (Phi) is 8.36. The van der Waals surface area contributed by atoms with Gasteiger partial charge in [-0.3, -0.25) is 9.30 Å². The molecule has 0 aliphatic carbocycles. The van der Waals surface area contributed by atoms with Gasteiger partial charge in [-0.25, -0.2) is 8.42 Å². The van der Waals surface area contributed by atoms with Crippen molar-refractivity contribution < 1.29 is 8.42 Å². The van der Waals surface area contributed by atoms with E-state index in [4.69, 9.17) is 0 Å². The Morgan fingerprint density at radius 1 is 1.21 bits per heavy atom. The minimum absolute atomic E-state index is 0. The summed E-state index contributed by atoms with van der Waals surface area (Å²) in [7, 11) is -1.67. The van der Waals surface area contributed by atoms with Gasteiger partial charge in [-0.05, 0) is 29.5 Å². The van der Waals surface area contributed by atoms with Crippen LogP contribution < -0.4 is 14.9 Å². The standard InChI is InChI=1S/C20H28N4O2S2.HI/c1-20(2,18-9-6-13-27-18)15-23-19(21-3)22-11-14-28(25,26)24-12-10-16-7-4-5-8-17(16)24;/h4-9,13H,10-12,14-15H2,1-3H3,(H2,21,22,23);1H. The number of sulfonamides is 1. The van der Waals surface area contributed by atoms with E-state index in [9.17, 15) is 8.42 Å². The molecule has 0 radical (unpaired) electrons. The summed E-state index contributed by atoms with van der Waals surface area (Å²) in [6, 6.07) is 11.9. The zero-order valence-electron chi connectivity index (χ0n) is 17.0. The Hall–Kier alpha value is -1.33. The molecule has 0 saturated heterocycles. The van der Waals surface area contributed by atoms with Gasteiger partial charge < -0.3 is 10.6 Å². The van der Waals surface area contributed by atoms with Crippen LogP contribution in [0.3, 0.4) is 0 Å². The number of benzene rings is 1. The lowest BCUT2D eigenvalue weighted by molar-refractivity contribution is 0.519. The van der Waals surface area contributed by atoms with Crippen molar-refractivity contribution in [2.45, 2.75) is 25.7 Å². The molecule has 2 heterocycles. The summed E-state index contributed by atoms with van der Waals surface area (Å²) >= 11 is 1.73. The molecule has 3 rings (SSSR count). The molecule has 1 aromatic carbocycles. The number of anilines is 1. The lowest BCUT2D eigenvalue weighted by atomic mass is 9.91. The van der Waals surface area contributed by atoms with Crippen LogP contribution in [-0.4, -0.2) is 46.8 Å². The molecule has 160 valence electrons. The van der Waals surface area contributed by atoms with E-state index in [-0.39, 0.29) is 35.1 Å². The van der Waals surface area contributed by atoms with E-state index in [1.807, 2.05) is 24.3 Å². The number of halogens is 1. The third kappa shape index (κ3) is 5.85. The zero-order chi connectivity index (χ0) is 20.2. The molecular weight excluding hydrogens is 519 g/mol. The van der Waals surface area contributed by atoms with Crippen LogP contribution in [0.5, 0.6) is 0 Å². The summed E-state index contributed by atoms with van der Waals surface area (Å²) in [5, 5.41) is 8.51. The predicted octanol–water partition coefficient (Wildman–Crippen LogP) is 3.20. The zero-order valence-corrected chi connectivity index (χ0v) is 21.0. The molecule has 0 amide bonds. The lowest BCUT2D eigenvalue weighted by Crippen LogP contribution is -2.45. The van der Waals surface area contributed by atoms with Crippen LogP contribution in [0.4, 0.5) is 5.69 Å². The first-order valence-corrected chi connectivity index (χ1v) is 11.9. The van der Waals surface area contributed by atoms with Crippen molar-refractivity contribution in [3.05, 3.63) is 52.2 Å². The topological polar surface area (TPSA) is 73.8 Å². The molecule has 6 nitrogen and oxygen atoms in total. The van der Waals surface area contributed by atoms with Gasteiger partial charge in [-0.1, -0.05) is 38.1 Å². The first-order chi connectivity index (χ1) is 13.3. The van der Waals surface area contributed by atoms with Gasteiger partial charge in [0.15, 0.2) is 5.96 Å². The molecule has 29 heavy (non-hydrogen) atoms. The summed E-state index contributed by atoms with van der Waals surface area (Å²) in [5.41, 5.74) is 1.87. The van der Waals surface area contributed by atoms with Crippen LogP contribution in [0.25, 0.3) is 0 Å². The lowest BCUT2D eigenvalue weighted by Gasteiger charge is -2.25. The Bertz CT molecular complexity index is 928. The summed E-state index contributed by atoms with van der Waals surface area (Å²) in [5.74, 6) is 0.637. The van der Waals surface area contributed by atoms with Crippen molar-refractivity contribution in [1.29, 1.82) is 0 Å². The first-order valence-electron chi connectivity index (χ1n) is 9.40. The van der Waals surface area contributed by atoms with E-state index in [0.29, 0.717) is 25.6 Å². The number of hydrogen-bond acceptors (Lipinski definition) is 4. The van der Waals surface area contributed by atoms with Gasteiger partial charge in [0.1, 0.15) is 0 Å². The van der Waals surface area contributed by atoms with E-state index in [2.05, 4.69) is 47.0 Å².